The van der Waals surface area contributed by atoms with E-state index in [0.29, 0.717) is 22.1 Å². The van der Waals surface area contributed by atoms with E-state index in [9.17, 15) is 19.7 Å². The molecule has 0 aliphatic carbocycles. The molecular weight excluding hydrogens is 463 g/mol. The number of carboxylic acid groups (broad SMARTS) is 1. The molecule has 0 spiro atoms. The van der Waals surface area contributed by atoms with Crippen molar-refractivity contribution in [3.63, 3.8) is 0 Å². The monoisotopic (exact) mass is 502 g/mol. The predicted molar refractivity (Wildman–Crippen MR) is 145 cm³/mol. The van der Waals surface area contributed by atoms with Gasteiger partial charge >= 0.3 is 94.7 Å². The number of benzene rings is 3. The molecule has 0 bridgehead atoms. The first-order valence-corrected chi connectivity index (χ1v) is 13.6. The summed E-state index contributed by atoms with van der Waals surface area (Å²) in [5, 5.41) is 28.2. The van der Waals surface area contributed by atoms with Crippen molar-refractivity contribution in [2.24, 2.45) is 11.8 Å². The fraction of sp³-hybridized carbons (Fsp3) is 0.321. The van der Waals surface area contributed by atoms with Crippen LogP contribution in [-0.4, -0.2) is 43.3 Å². The van der Waals surface area contributed by atoms with Crippen molar-refractivity contribution in [2.75, 3.05) is 0 Å². The molecule has 0 radical (unpaired) electrons. The van der Waals surface area contributed by atoms with Crippen LogP contribution in [0, 0.1) is 11.8 Å². The molecule has 6 nitrogen and oxygen atoms in total. The molecule has 0 aliphatic rings. The molecule has 3 aromatic carbocycles. The second-order valence-electron chi connectivity index (χ2n) is 8.87. The van der Waals surface area contributed by atoms with Crippen molar-refractivity contribution in [1.82, 2.24) is 0 Å². The summed E-state index contributed by atoms with van der Waals surface area (Å²) >= 11 is 0. The average molecular weight is 503 g/mol. The van der Waals surface area contributed by atoms with Crippen LogP contribution in [0.25, 0.3) is 0 Å². The fourth-order valence-electron chi connectivity index (χ4n) is 3.11. The van der Waals surface area contributed by atoms with E-state index < -0.39 is 19.8 Å². The van der Waals surface area contributed by atoms with Crippen molar-refractivity contribution < 1.29 is 29.9 Å². The molecule has 0 amide bonds. The van der Waals surface area contributed by atoms with E-state index in [1.54, 1.807) is 61.5 Å². The van der Waals surface area contributed by atoms with Crippen LogP contribution in [0.4, 0.5) is 0 Å². The number of aliphatic hydroxyl groups excluding tert-OH is 2. The molecule has 0 saturated carbocycles. The van der Waals surface area contributed by atoms with Crippen molar-refractivity contribution in [1.29, 1.82) is 0 Å². The summed E-state index contributed by atoms with van der Waals surface area (Å²) in [6.45, 7) is 7.72. The maximum absolute atomic E-state index is 10.2. The summed E-state index contributed by atoms with van der Waals surface area (Å²) in [5.74, 6) is -0.404. The number of hydrogen-bond donors (Lipinski definition) is 5. The summed E-state index contributed by atoms with van der Waals surface area (Å²) in [5.41, 5.74) is 0.331. The topological polar surface area (TPSA) is 118 Å². The number of aromatic carboxylic acids is 1. The van der Waals surface area contributed by atoms with Gasteiger partial charge in [-0.1, -0.05) is 39.0 Å². The summed E-state index contributed by atoms with van der Waals surface area (Å²) in [6.07, 6.45) is -0.00903. The van der Waals surface area contributed by atoms with Crippen LogP contribution in [0.2, 0.25) is 0 Å². The molecule has 3 atom stereocenters. The minimum atomic E-state index is -3.46. The van der Waals surface area contributed by atoms with Gasteiger partial charge in [-0.25, -0.2) is 4.79 Å². The fourth-order valence-corrected chi connectivity index (χ4v) is 4.76. The quantitative estimate of drug-likeness (QED) is 0.312. The molecule has 0 aliphatic heterocycles. The molecule has 35 heavy (non-hydrogen) atoms. The van der Waals surface area contributed by atoms with Crippen LogP contribution in [0.3, 0.4) is 0 Å². The van der Waals surface area contributed by atoms with Gasteiger partial charge < -0.3 is 15.3 Å². The molecule has 3 aromatic rings. The Labute approximate surface area is 209 Å². The first-order valence-electron chi connectivity index (χ1n) is 11.7. The average Bonchev–Trinajstić information content (AvgIpc) is 2.85. The summed E-state index contributed by atoms with van der Waals surface area (Å²) in [6, 6.07) is 26.3. The van der Waals surface area contributed by atoms with Crippen molar-refractivity contribution in [2.45, 2.75) is 46.3 Å². The molecule has 0 fully saturated rings. The minimum absolute atomic E-state index is 0.0163. The summed E-state index contributed by atoms with van der Waals surface area (Å²) < 4.78 is 0. The second-order valence-corrected chi connectivity index (χ2v) is 11.4. The first-order chi connectivity index (χ1) is 16.5. The third-order valence-electron chi connectivity index (χ3n) is 5.45. The molecule has 7 heteroatoms. The zero-order valence-electron chi connectivity index (χ0n) is 20.8. The van der Waals surface area contributed by atoms with Gasteiger partial charge in [0.05, 0.1) is 17.8 Å². The molecule has 3 rings (SSSR count). The van der Waals surface area contributed by atoms with E-state index in [4.69, 9.17) is 10.2 Å². The van der Waals surface area contributed by atoms with Crippen molar-refractivity contribution in [3.05, 3.63) is 96.6 Å². The third kappa shape index (κ3) is 11.1. The van der Waals surface area contributed by atoms with E-state index in [-0.39, 0.29) is 12.0 Å². The number of aliphatic hydroxyl groups is 2. The molecular formula is C28H39O6P. The molecule has 0 aromatic heterocycles. The van der Waals surface area contributed by atoms with Gasteiger partial charge in [0.25, 0.3) is 0 Å². The van der Waals surface area contributed by atoms with Gasteiger partial charge in [-0.2, -0.15) is 0 Å². The van der Waals surface area contributed by atoms with Gasteiger partial charge in [0, 0.05) is 5.92 Å². The number of hydrogen-bond acceptors (Lipinski definition) is 5. The number of rotatable bonds is 7. The predicted octanol–water partition coefficient (Wildman–Crippen LogP) is 4.00. The third-order valence-corrected chi connectivity index (χ3v) is 7.73. The Morgan fingerprint density at radius 2 is 1.09 bits per heavy atom. The Morgan fingerprint density at radius 3 is 1.37 bits per heavy atom. The summed E-state index contributed by atoms with van der Waals surface area (Å²) in [4.78, 5) is 30.5. The van der Waals surface area contributed by atoms with Crippen molar-refractivity contribution >= 4 is 24.3 Å². The van der Waals surface area contributed by atoms with Gasteiger partial charge in [0.15, 0.2) is 0 Å². The number of carbonyl (C=O) groups is 1. The first kappa shape index (κ1) is 30.4. The van der Waals surface area contributed by atoms with Crippen LogP contribution in [0.15, 0.2) is 91.0 Å². The molecule has 3 unspecified atom stereocenters. The standard InChI is InChI=1S/C12H13O2P.C9H20O2.C7H6O2/c13-15(14,11-7-3-1-4-8-11)12-9-5-2-6-10-12;1-6(2)5-9(11)7(3)8(4)10;8-7(9)6-4-2-1-3-5-6/h1-10,13-15H;6-11H,5H2,1-4H3;1-5H,(H,8,9). The van der Waals surface area contributed by atoms with E-state index in [1.807, 2.05) is 43.3 Å². The summed E-state index contributed by atoms with van der Waals surface area (Å²) in [7, 11) is -3.46. The Hall–Kier alpha value is -2.60. The van der Waals surface area contributed by atoms with E-state index in [1.165, 1.54) is 0 Å². The Balaban J connectivity index is 0.000000273. The van der Waals surface area contributed by atoms with Crippen LogP contribution in [0.1, 0.15) is 44.5 Å². The zero-order chi connectivity index (χ0) is 26.4. The van der Waals surface area contributed by atoms with E-state index in [2.05, 4.69) is 13.8 Å². The Bertz CT molecular complexity index is 921. The molecule has 0 heterocycles. The van der Waals surface area contributed by atoms with Gasteiger partial charge in [-0.05, 0) is 31.4 Å². The molecule has 192 valence electrons. The van der Waals surface area contributed by atoms with Crippen molar-refractivity contribution in [3.8, 4) is 0 Å². The van der Waals surface area contributed by atoms with Crippen LogP contribution in [-0.2, 0) is 0 Å². The second kappa shape index (κ2) is 15.4. The van der Waals surface area contributed by atoms with E-state index in [0.717, 1.165) is 6.42 Å². The van der Waals surface area contributed by atoms with Gasteiger partial charge in [0.1, 0.15) is 0 Å². The van der Waals surface area contributed by atoms with Gasteiger partial charge in [-0.3, -0.25) is 0 Å². The Kier molecular flexibility index (Phi) is 13.4. The van der Waals surface area contributed by atoms with Crippen LogP contribution in [0.5, 0.6) is 0 Å². The normalized spacial score (nSPS) is 13.9. The van der Waals surface area contributed by atoms with Gasteiger partial charge in [0.2, 0.25) is 0 Å². The van der Waals surface area contributed by atoms with Crippen LogP contribution >= 0.6 is 7.72 Å². The zero-order valence-corrected chi connectivity index (χ0v) is 21.8. The van der Waals surface area contributed by atoms with Crippen LogP contribution < -0.4 is 10.6 Å². The molecule has 5 N–H and O–H groups in total. The molecule has 0 saturated heterocycles. The van der Waals surface area contributed by atoms with Gasteiger partial charge in [-0.15, -0.1) is 0 Å². The SMILES string of the molecule is CC(C)CC(O)C(C)C(C)O.O=C(O)c1ccccc1.O[PH](O)(c1ccccc1)c1ccccc1. The number of carboxylic acids is 1. The Morgan fingerprint density at radius 1 is 0.714 bits per heavy atom. The maximum atomic E-state index is 10.2. The van der Waals surface area contributed by atoms with E-state index >= 15 is 0 Å².